The van der Waals surface area contributed by atoms with Crippen LogP contribution in [0.2, 0.25) is 0 Å². The van der Waals surface area contributed by atoms with Crippen LogP contribution in [0.4, 0.5) is 17.6 Å². The van der Waals surface area contributed by atoms with Gasteiger partial charge in [0.05, 0.1) is 18.0 Å². The lowest BCUT2D eigenvalue weighted by Gasteiger charge is -2.09. The molecule has 4 aromatic heterocycles. The molecule has 0 atom stereocenters. The van der Waals surface area contributed by atoms with Crippen molar-refractivity contribution in [2.24, 2.45) is 0 Å². The fourth-order valence-corrected chi connectivity index (χ4v) is 5.68. The van der Waals surface area contributed by atoms with Crippen molar-refractivity contribution in [2.45, 2.75) is 99.1 Å². The first-order valence-corrected chi connectivity index (χ1v) is 15.9. The van der Waals surface area contributed by atoms with E-state index >= 15 is 0 Å². The Morgan fingerprint density at radius 3 is 1.48 bits per heavy atom. The fourth-order valence-electron chi connectivity index (χ4n) is 3.78. The summed E-state index contributed by atoms with van der Waals surface area (Å²) in [4.78, 5) is 54.6. The van der Waals surface area contributed by atoms with E-state index in [4.69, 9.17) is 9.84 Å². The minimum absolute atomic E-state index is 0.00600. The summed E-state index contributed by atoms with van der Waals surface area (Å²) >= 11 is 1.21. The number of alkyl halides is 4. The third kappa shape index (κ3) is 8.92. The van der Waals surface area contributed by atoms with Crippen LogP contribution in [0.5, 0.6) is 0 Å². The molecule has 0 fully saturated rings. The van der Waals surface area contributed by atoms with Crippen LogP contribution >= 0.6 is 22.7 Å². The van der Waals surface area contributed by atoms with E-state index in [-0.39, 0.29) is 45.4 Å². The quantitative estimate of drug-likeness (QED) is 0.167. The lowest BCUT2D eigenvalue weighted by atomic mass is 10.1. The SMILES string of the molecule is CC.CC(C)c1nn(CC(=O)O)c(=O)c2sc(C(C)(F)F)nc12.CCOC(=O)Cn1nc(C(C)C)c2nc(C(C)(F)F)sc2c1=O. The largest absolute Gasteiger partial charge is 0.480 e. The first-order valence-electron chi connectivity index (χ1n) is 14.2. The van der Waals surface area contributed by atoms with Crippen molar-refractivity contribution in [2.75, 3.05) is 6.61 Å². The molecule has 0 aliphatic carbocycles. The van der Waals surface area contributed by atoms with Crippen LogP contribution in [0.15, 0.2) is 9.59 Å². The van der Waals surface area contributed by atoms with Gasteiger partial charge in [0.25, 0.3) is 23.0 Å². The molecule has 0 amide bonds. The second-order valence-electron chi connectivity index (χ2n) is 10.4. The number of carbonyl (C=O) groups is 2. The predicted molar refractivity (Wildman–Crippen MR) is 166 cm³/mol. The average Bonchev–Trinajstić information content (AvgIpc) is 3.59. The number of rotatable bonds is 9. The molecular weight excluding hydrogens is 656 g/mol. The van der Waals surface area contributed by atoms with Crippen LogP contribution in [-0.2, 0) is 39.3 Å². The summed E-state index contributed by atoms with van der Waals surface area (Å²) in [6.07, 6.45) is 0. The third-order valence-electron chi connectivity index (χ3n) is 5.77. The number of hydrogen-bond acceptors (Lipinski definition) is 11. The summed E-state index contributed by atoms with van der Waals surface area (Å²) in [6.45, 7) is 13.4. The summed E-state index contributed by atoms with van der Waals surface area (Å²) < 4.78 is 60.4. The van der Waals surface area contributed by atoms with E-state index in [1.807, 2.05) is 27.7 Å². The highest BCUT2D eigenvalue weighted by atomic mass is 32.1. The number of ether oxygens (including phenoxy) is 1. The monoisotopic (exact) mass is 692 g/mol. The van der Waals surface area contributed by atoms with Gasteiger partial charge in [-0.1, -0.05) is 41.5 Å². The Morgan fingerprint density at radius 1 is 0.804 bits per heavy atom. The Hall–Kier alpha value is -3.80. The molecule has 1 N–H and O–H groups in total. The van der Waals surface area contributed by atoms with E-state index in [0.29, 0.717) is 41.0 Å². The second-order valence-corrected chi connectivity index (χ2v) is 12.4. The molecule has 4 aromatic rings. The van der Waals surface area contributed by atoms with Gasteiger partial charge in [0.15, 0.2) is 10.0 Å². The normalized spacial score (nSPS) is 11.8. The Kier molecular flexibility index (Phi) is 12.7. The molecule has 0 aliphatic heterocycles. The van der Waals surface area contributed by atoms with Gasteiger partial charge in [0, 0.05) is 13.8 Å². The van der Waals surface area contributed by atoms with Crippen LogP contribution in [0.25, 0.3) is 20.4 Å². The molecule has 12 nitrogen and oxygen atoms in total. The van der Waals surface area contributed by atoms with Crippen molar-refractivity contribution in [3.05, 3.63) is 42.1 Å². The zero-order valence-electron chi connectivity index (χ0n) is 26.8. The first-order chi connectivity index (χ1) is 21.3. The minimum atomic E-state index is -3.16. The lowest BCUT2D eigenvalue weighted by molar-refractivity contribution is -0.144. The Labute approximate surface area is 269 Å². The number of esters is 1. The van der Waals surface area contributed by atoms with Gasteiger partial charge in [0.1, 0.15) is 33.5 Å². The molecule has 18 heteroatoms. The highest BCUT2D eigenvalue weighted by molar-refractivity contribution is 7.19. The van der Waals surface area contributed by atoms with Crippen molar-refractivity contribution in [3.8, 4) is 0 Å². The number of aromatic nitrogens is 6. The van der Waals surface area contributed by atoms with Gasteiger partial charge in [-0.2, -0.15) is 27.8 Å². The number of carbonyl (C=O) groups excluding carboxylic acids is 1. The van der Waals surface area contributed by atoms with Crippen molar-refractivity contribution >= 4 is 55.0 Å². The lowest BCUT2D eigenvalue weighted by Crippen LogP contribution is -2.28. The summed E-state index contributed by atoms with van der Waals surface area (Å²) in [5.41, 5.74) is -0.312. The molecule has 46 heavy (non-hydrogen) atoms. The number of nitrogens with zero attached hydrogens (tertiary/aromatic N) is 6. The van der Waals surface area contributed by atoms with E-state index in [9.17, 15) is 36.7 Å². The van der Waals surface area contributed by atoms with Gasteiger partial charge < -0.3 is 9.84 Å². The fraction of sp³-hybridized carbons (Fsp3) is 0.571. The van der Waals surface area contributed by atoms with Crippen molar-refractivity contribution < 1.29 is 37.0 Å². The molecule has 0 bridgehead atoms. The topological polar surface area (TPSA) is 159 Å². The van der Waals surface area contributed by atoms with E-state index < -0.39 is 51.5 Å². The van der Waals surface area contributed by atoms with E-state index in [2.05, 4.69) is 20.2 Å². The van der Waals surface area contributed by atoms with Gasteiger partial charge in [-0.05, 0) is 18.8 Å². The summed E-state index contributed by atoms with van der Waals surface area (Å²) in [5.74, 6) is -8.48. The van der Waals surface area contributed by atoms with Crippen molar-refractivity contribution in [3.63, 3.8) is 0 Å². The summed E-state index contributed by atoms with van der Waals surface area (Å²) in [7, 11) is 0. The average molecular weight is 693 g/mol. The Morgan fingerprint density at radius 2 is 1.17 bits per heavy atom. The van der Waals surface area contributed by atoms with Gasteiger partial charge in [0.2, 0.25) is 0 Å². The number of halogens is 4. The van der Waals surface area contributed by atoms with Crippen LogP contribution in [0.3, 0.4) is 0 Å². The van der Waals surface area contributed by atoms with E-state index in [0.717, 1.165) is 16.3 Å². The summed E-state index contributed by atoms with van der Waals surface area (Å²) in [6, 6.07) is 0. The number of aliphatic carboxylic acids is 1. The molecule has 0 aromatic carbocycles. The Bertz CT molecular complexity index is 1820. The highest BCUT2D eigenvalue weighted by Crippen LogP contribution is 2.35. The molecule has 0 radical (unpaired) electrons. The highest BCUT2D eigenvalue weighted by Gasteiger charge is 2.32. The smallest absolute Gasteiger partial charge is 0.327 e. The van der Waals surface area contributed by atoms with Gasteiger partial charge in [-0.25, -0.2) is 19.3 Å². The molecule has 254 valence electrons. The van der Waals surface area contributed by atoms with Gasteiger partial charge in [-0.3, -0.25) is 19.2 Å². The van der Waals surface area contributed by atoms with E-state index in [1.165, 1.54) is 0 Å². The molecule has 4 rings (SSSR count). The molecule has 0 unspecified atom stereocenters. The molecule has 0 aliphatic rings. The predicted octanol–water partition coefficient (Wildman–Crippen LogP) is 5.85. The minimum Gasteiger partial charge on any atom is -0.480 e. The first kappa shape index (κ1) is 38.4. The number of thiazole rings is 2. The standard InChI is InChI=1S/C14H17F2N3O3S.C12H13F2N3O3S.C2H6/c1-5-22-8(20)6-19-12(21)11-10(9(18-19)7(2)3)17-13(23-11)14(4,15)16;1-5(2)7-8-9(21-11(15-8)12(3,13)14)10(20)17(16-7)4-6(18)19;1-2/h7H,5-6H2,1-4H3;5H,4H2,1-3H3,(H,18,19);1-2H3. The van der Waals surface area contributed by atoms with Crippen LogP contribution in [-0.4, -0.2) is 53.2 Å². The molecule has 4 heterocycles. The number of carboxylic acids is 1. The second kappa shape index (κ2) is 15.2. The number of carboxylic acid groups (broad SMARTS) is 1. The molecule has 0 saturated heterocycles. The molecule has 0 spiro atoms. The van der Waals surface area contributed by atoms with Crippen molar-refractivity contribution in [1.29, 1.82) is 0 Å². The zero-order valence-corrected chi connectivity index (χ0v) is 28.4. The Balaban J connectivity index is 0.000000305. The summed E-state index contributed by atoms with van der Waals surface area (Å²) in [5, 5.41) is 16.0. The van der Waals surface area contributed by atoms with Crippen LogP contribution in [0.1, 0.15) is 95.6 Å². The maximum Gasteiger partial charge on any atom is 0.327 e. The molecule has 0 saturated carbocycles. The maximum absolute atomic E-state index is 13.5. The maximum atomic E-state index is 13.5. The van der Waals surface area contributed by atoms with Gasteiger partial charge >= 0.3 is 11.9 Å². The number of fused-ring (bicyclic) bond motifs is 2. The van der Waals surface area contributed by atoms with E-state index in [1.54, 1.807) is 20.8 Å². The van der Waals surface area contributed by atoms with Crippen molar-refractivity contribution in [1.82, 2.24) is 29.5 Å². The van der Waals surface area contributed by atoms with Gasteiger partial charge in [-0.15, -0.1) is 22.7 Å². The van der Waals surface area contributed by atoms with Crippen LogP contribution < -0.4 is 11.1 Å². The third-order valence-corrected chi connectivity index (χ3v) is 8.20. The zero-order chi connectivity index (χ0) is 35.3. The molecular formula is C28H36F4N6O6S2. The van der Waals surface area contributed by atoms with Crippen LogP contribution in [0, 0.1) is 0 Å². The number of hydrogen-bond donors (Lipinski definition) is 1.